The lowest BCUT2D eigenvalue weighted by molar-refractivity contribution is -0.122. The fourth-order valence-corrected chi connectivity index (χ4v) is 5.90. The molecule has 2 unspecified atom stereocenters. The summed E-state index contributed by atoms with van der Waals surface area (Å²) in [4.78, 5) is 19.5. The Kier molecular flexibility index (Phi) is 10.2. The van der Waals surface area contributed by atoms with Gasteiger partial charge in [0, 0.05) is 11.8 Å². The van der Waals surface area contributed by atoms with Crippen LogP contribution in [0, 0.1) is 0 Å². The SMILES string of the molecule is O=C(C(CCN1CCCCCC1)c1ccccc1)C(CCN1CCCCCC1)c1ccccc1. The topological polar surface area (TPSA) is 23.6 Å². The summed E-state index contributed by atoms with van der Waals surface area (Å²) in [6.45, 7) is 6.80. The normalized spacial score (nSPS) is 20.2. The van der Waals surface area contributed by atoms with Gasteiger partial charge >= 0.3 is 0 Å². The van der Waals surface area contributed by atoms with Crippen molar-refractivity contribution in [2.45, 2.75) is 76.0 Å². The number of carbonyl (C=O) groups excluding carboxylic acids is 1. The first-order chi connectivity index (χ1) is 16.8. The lowest BCUT2D eigenvalue weighted by Crippen LogP contribution is -2.32. The smallest absolute Gasteiger partial charge is 0.147 e. The maximum Gasteiger partial charge on any atom is 0.147 e. The Morgan fingerprint density at radius 3 is 1.26 bits per heavy atom. The van der Waals surface area contributed by atoms with Crippen LogP contribution in [-0.2, 0) is 4.79 Å². The zero-order valence-corrected chi connectivity index (χ0v) is 21.0. The standard InChI is InChI=1S/C31H44N2O/c34-31(29(27-15-7-5-8-16-27)19-25-32-21-11-1-2-12-22-32)30(28-17-9-6-10-18-28)20-26-33-23-13-3-4-14-24-33/h5-10,15-18,29-30H,1-4,11-14,19-26H2. The highest BCUT2D eigenvalue weighted by atomic mass is 16.1. The van der Waals surface area contributed by atoms with E-state index in [0.29, 0.717) is 5.78 Å². The number of rotatable bonds is 10. The number of hydrogen-bond donors (Lipinski definition) is 0. The molecule has 2 aliphatic rings. The third-order valence-electron chi connectivity index (χ3n) is 7.96. The van der Waals surface area contributed by atoms with E-state index in [9.17, 15) is 4.79 Å². The van der Waals surface area contributed by atoms with Gasteiger partial charge in [-0.3, -0.25) is 4.79 Å². The Morgan fingerprint density at radius 1 is 0.559 bits per heavy atom. The predicted octanol–water partition coefficient (Wildman–Crippen LogP) is 6.66. The molecular formula is C31H44N2O. The highest BCUT2D eigenvalue weighted by Gasteiger charge is 2.30. The second-order valence-corrected chi connectivity index (χ2v) is 10.4. The molecule has 34 heavy (non-hydrogen) atoms. The first kappa shape index (κ1) is 25.1. The van der Waals surface area contributed by atoms with E-state index >= 15 is 0 Å². The van der Waals surface area contributed by atoms with Crippen LogP contribution in [0.4, 0.5) is 0 Å². The van der Waals surface area contributed by atoms with E-state index in [2.05, 4.69) is 70.5 Å². The molecule has 2 fully saturated rings. The second kappa shape index (κ2) is 13.8. The number of benzene rings is 2. The summed E-state index contributed by atoms with van der Waals surface area (Å²) in [6, 6.07) is 21.2. The predicted molar refractivity (Wildman–Crippen MR) is 142 cm³/mol. The van der Waals surface area contributed by atoms with E-state index in [4.69, 9.17) is 0 Å². The summed E-state index contributed by atoms with van der Waals surface area (Å²) in [6.07, 6.45) is 12.5. The quantitative estimate of drug-likeness (QED) is 0.396. The number of Topliss-reactive ketones (excluding diaryl/α,β-unsaturated/α-hetero) is 1. The molecule has 0 spiro atoms. The third-order valence-corrected chi connectivity index (χ3v) is 7.96. The van der Waals surface area contributed by atoms with Gasteiger partial charge in [-0.15, -0.1) is 0 Å². The van der Waals surface area contributed by atoms with Gasteiger partial charge in [-0.2, -0.15) is 0 Å². The average Bonchev–Trinajstić information content (AvgIpc) is 3.31. The maximum atomic E-state index is 14.3. The molecule has 184 valence electrons. The van der Waals surface area contributed by atoms with Gasteiger partial charge in [0.05, 0.1) is 0 Å². The molecule has 3 heteroatoms. The number of likely N-dealkylation sites (tertiary alicyclic amines) is 2. The van der Waals surface area contributed by atoms with Crippen LogP contribution in [0.25, 0.3) is 0 Å². The lowest BCUT2D eigenvalue weighted by Gasteiger charge is -2.28. The number of carbonyl (C=O) groups is 1. The van der Waals surface area contributed by atoms with Gasteiger partial charge in [-0.1, -0.05) is 86.3 Å². The number of hydrogen-bond acceptors (Lipinski definition) is 3. The maximum absolute atomic E-state index is 14.3. The summed E-state index contributed by atoms with van der Waals surface area (Å²) < 4.78 is 0. The molecule has 0 bridgehead atoms. The molecule has 0 radical (unpaired) electrons. The monoisotopic (exact) mass is 460 g/mol. The minimum absolute atomic E-state index is 0.0289. The fourth-order valence-electron chi connectivity index (χ4n) is 5.90. The Hall–Kier alpha value is -1.97. The minimum atomic E-state index is -0.0289. The van der Waals surface area contributed by atoms with E-state index in [1.54, 1.807) is 0 Å². The Balaban J connectivity index is 1.51. The molecule has 0 N–H and O–H groups in total. The van der Waals surface area contributed by atoms with Crippen molar-refractivity contribution in [1.29, 1.82) is 0 Å². The summed E-state index contributed by atoms with van der Waals surface area (Å²) in [5, 5.41) is 0. The fraction of sp³-hybridized carbons (Fsp3) is 0.581. The molecule has 2 saturated heterocycles. The minimum Gasteiger partial charge on any atom is -0.303 e. The van der Waals surface area contributed by atoms with Crippen LogP contribution in [0.5, 0.6) is 0 Å². The Bertz CT molecular complexity index is 752. The molecule has 2 aromatic rings. The molecule has 0 saturated carbocycles. The Labute approximate surface area is 207 Å². The van der Waals surface area contributed by atoms with E-state index in [-0.39, 0.29) is 11.8 Å². The highest BCUT2D eigenvalue weighted by molar-refractivity contribution is 5.91. The van der Waals surface area contributed by atoms with E-state index < -0.39 is 0 Å². The van der Waals surface area contributed by atoms with Crippen molar-refractivity contribution in [3.63, 3.8) is 0 Å². The zero-order chi connectivity index (χ0) is 23.4. The van der Waals surface area contributed by atoms with Crippen molar-refractivity contribution >= 4 is 5.78 Å². The highest BCUT2D eigenvalue weighted by Crippen LogP contribution is 2.32. The molecular weight excluding hydrogens is 416 g/mol. The van der Waals surface area contributed by atoms with Crippen LogP contribution in [-0.4, -0.2) is 54.9 Å². The van der Waals surface area contributed by atoms with E-state index in [0.717, 1.165) is 25.9 Å². The van der Waals surface area contributed by atoms with Crippen LogP contribution in [0.1, 0.15) is 87.2 Å². The van der Waals surface area contributed by atoms with Crippen LogP contribution in [0.2, 0.25) is 0 Å². The molecule has 0 aromatic heterocycles. The van der Waals surface area contributed by atoms with E-state index in [1.807, 2.05) is 0 Å². The molecule has 2 atom stereocenters. The molecule has 2 aromatic carbocycles. The third kappa shape index (κ3) is 7.52. The Morgan fingerprint density at radius 2 is 0.912 bits per heavy atom. The summed E-state index contributed by atoms with van der Waals surface area (Å²) in [5.41, 5.74) is 2.39. The van der Waals surface area contributed by atoms with Crippen molar-refractivity contribution in [3.05, 3.63) is 71.8 Å². The molecule has 3 nitrogen and oxygen atoms in total. The van der Waals surface area contributed by atoms with E-state index in [1.165, 1.54) is 88.7 Å². The van der Waals surface area contributed by atoms with Crippen molar-refractivity contribution in [1.82, 2.24) is 9.80 Å². The summed E-state index contributed by atoms with van der Waals surface area (Å²) >= 11 is 0. The molecule has 4 rings (SSSR count). The van der Waals surface area contributed by atoms with Crippen LogP contribution >= 0.6 is 0 Å². The van der Waals surface area contributed by atoms with Gasteiger partial charge in [-0.25, -0.2) is 0 Å². The molecule has 2 heterocycles. The van der Waals surface area contributed by atoms with Gasteiger partial charge in [0.1, 0.15) is 5.78 Å². The second-order valence-electron chi connectivity index (χ2n) is 10.4. The van der Waals surface area contributed by atoms with Crippen molar-refractivity contribution < 1.29 is 4.79 Å². The van der Waals surface area contributed by atoms with Gasteiger partial charge in [0.25, 0.3) is 0 Å². The van der Waals surface area contributed by atoms with Gasteiger partial charge in [-0.05, 0) is 88.9 Å². The van der Waals surface area contributed by atoms with Crippen LogP contribution in [0.15, 0.2) is 60.7 Å². The summed E-state index contributed by atoms with van der Waals surface area (Å²) in [7, 11) is 0. The first-order valence-corrected chi connectivity index (χ1v) is 13.9. The lowest BCUT2D eigenvalue weighted by atomic mass is 9.80. The molecule has 0 amide bonds. The van der Waals surface area contributed by atoms with Crippen molar-refractivity contribution in [2.24, 2.45) is 0 Å². The van der Waals surface area contributed by atoms with Crippen molar-refractivity contribution in [3.8, 4) is 0 Å². The number of ketones is 1. The molecule has 0 aliphatic carbocycles. The van der Waals surface area contributed by atoms with Crippen LogP contribution < -0.4 is 0 Å². The van der Waals surface area contributed by atoms with Crippen LogP contribution in [0.3, 0.4) is 0 Å². The average molecular weight is 461 g/mol. The number of nitrogens with zero attached hydrogens (tertiary/aromatic N) is 2. The molecule has 2 aliphatic heterocycles. The summed E-state index contributed by atoms with van der Waals surface area (Å²) in [5.74, 6) is 0.361. The zero-order valence-electron chi connectivity index (χ0n) is 21.0. The van der Waals surface area contributed by atoms with Gasteiger partial charge in [0.15, 0.2) is 0 Å². The van der Waals surface area contributed by atoms with Crippen molar-refractivity contribution in [2.75, 3.05) is 39.3 Å². The van der Waals surface area contributed by atoms with Gasteiger partial charge in [0.2, 0.25) is 0 Å². The van der Waals surface area contributed by atoms with Gasteiger partial charge < -0.3 is 9.80 Å². The first-order valence-electron chi connectivity index (χ1n) is 13.9. The largest absolute Gasteiger partial charge is 0.303 e.